The minimum absolute atomic E-state index is 0.0153. The number of hydrogen-bond acceptors (Lipinski definition) is 5. The van der Waals surface area contributed by atoms with Gasteiger partial charge in [0.2, 0.25) is 11.8 Å². The van der Waals surface area contributed by atoms with E-state index in [4.69, 9.17) is 4.74 Å². The second kappa shape index (κ2) is 8.63. The van der Waals surface area contributed by atoms with Gasteiger partial charge in [0.25, 0.3) is 0 Å². The fourth-order valence-corrected chi connectivity index (χ4v) is 2.67. The molecule has 0 radical (unpaired) electrons. The predicted octanol–water partition coefficient (Wildman–Crippen LogP) is 0.695. The number of rotatable bonds is 6. The van der Waals surface area contributed by atoms with E-state index < -0.39 is 6.04 Å². The van der Waals surface area contributed by atoms with Gasteiger partial charge in [0.15, 0.2) is 0 Å². The summed E-state index contributed by atoms with van der Waals surface area (Å²) in [6, 6.07) is 3.28. The predicted molar refractivity (Wildman–Crippen MR) is 91.6 cm³/mol. The molecule has 2 heterocycles. The summed E-state index contributed by atoms with van der Waals surface area (Å²) in [5.41, 5.74) is 0.957. The third kappa shape index (κ3) is 4.92. The van der Waals surface area contributed by atoms with Crippen LogP contribution >= 0.6 is 0 Å². The maximum absolute atomic E-state index is 12.4. The van der Waals surface area contributed by atoms with Crippen molar-refractivity contribution in [2.45, 2.75) is 33.4 Å². The molecular formula is C17H26N4O3. The molecule has 1 fully saturated rings. The molecule has 1 aromatic rings. The quantitative estimate of drug-likeness (QED) is 0.800. The molecule has 0 aliphatic carbocycles. The van der Waals surface area contributed by atoms with Gasteiger partial charge in [-0.25, -0.2) is 4.98 Å². The zero-order valence-corrected chi connectivity index (χ0v) is 14.5. The topological polar surface area (TPSA) is 83.6 Å². The molecular weight excluding hydrogens is 308 g/mol. The zero-order chi connectivity index (χ0) is 17.5. The Kier molecular flexibility index (Phi) is 6.54. The van der Waals surface area contributed by atoms with Crippen LogP contribution in [0, 0.1) is 5.92 Å². The summed E-state index contributed by atoms with van der Waals surface area (Å²) in [5, 5.41) is 5.61. The van der Waals surface area contributed by atoms with E-state index in [2.05, 4.69) is 20.5 Å². The standard InChI is InChI=1S/C17H26N4O3/c1-12(2)15(20-13(3)22)17(23)19-11-14-5-4-6-18-16(14)21-7-9-24-10-8-21/h4-6,12,15H,7-11H2,1-3H3,(H,19,23)(H,20,22). The van der Waals surface area contributed by atoms with E-state index >= 15 is 0 Å². The van der Waals surface area contributed by atoms with Crippen LogP contribution < -0.4 is 15.5 Å². The van der Waals surface area contributed by atoms with Crippen molar-refractivity contribution >= 4 is 17.6 Å². The fraction of sp³-hybridized carbons (Fsp3) is 0.588. The Balaban J connectivity index is 2.03. The van der Waals surface area contributed by atoms with Crippen molar-refractivity contribution in [3.05, 3.63) is 23.9 Å². The SMILES string of the molecule is CC(=O)NC(C(=O)NCc1cccnc1N1CCOCC1)C(C)C. The van der Waals surface area contributed by atoms with Crippen molar-refractivity contribution in [2.75, 3.05) is 31.2 Å². The number of carbonyl (C=O) groups excluding carboxylic acids is 2. The van der Waals surface area contributed by atoms with E-state index in [1.165, 1.54) is 6.92 Å². The molecule has 24 heavy (non-hydrogen) atoms. The molecule has 0 saturated carbocycles. The third-order valence-corrected chi connectivity index (χ3v) is 3.94. The van der Waals surface area contributed by atoms with Gasteiger partial charge in [-0.05, 0) is 12.0 Å². The summed E-state index contributed by atoms with van der Waals surface area (Å²) >= 11 is 0. The van der Waals surface area contributed by atoms with Crippen LogP contribution in [0.1, 0.15) is 26.3 Å². The molecule has 1 aliphatic heterocycles. The fourth-order valence-electron chi connectivity index (χ4n) is 2.67. The number of morpholine rings is 1. The number of hydrogen-bond donors (Lipinski definition) is 2. The molecule has 0 bridgehead atoms. The van der Waals surface area contributed by atoms with Gasteiger partial charge in [-0.15, -0.1) is 0 Å². The van der Waals surface area contributed by atoms with E-state index in [1.807, 2.05) is 26.0 Å². The molecule has 1 unspecified atom stereocenters. The molecule has 1 atom stereocenters. The van der Waals surface area contributed by atoms with Crippen LogP contribution in [0.2, 0.25) is 0 Å². The molecule has 2 rings (SSSR count). The van der Waals surface area contributed by atoms with Gasteiger partial charge < -0.3 is 20.3 Å². The molecule has 132 valence electrons. The molecule has 0 spiro atoms. The number of aromatic nitrogens is 1. The van der Waals surface area contributed by atoms with Gasteiger partial charge in [0, 0.05) is 38.3 Å². The number of amides is 2. The highest BCUT2D eigenvalue weighted by Gasteiger charge is 2.23. The summed E-state index contributed by atoms with van der Waals surface area (Å²) in [4.78, 5) is 30.3. The summed E-state index contributed by atoms with van der Waals surface area (Å²) in [6.07, 6.45) is 1.75. The number of nitrogens with zero attached hydrogens (tertiary/aromatic N) is 2. The maximum Gasteiger partial charge on any atom is 0.243 e. The van der Waals surface area contributed by atoms with E-state index in [0.717, 1.165) is 24.5 Å². The van der Waals surface area contributed by atoms with E-state index in [0.29, 0.717) is 19.8 Å². The third-order valence-electron chi connectivity index (χ3n) is 3.94. The van der Waals surface area contributed by atoms with Crippen molar-refractivity contribution in [1.82, 2.24) is 15.6 Å². The number of nitrogens with one attached hydrogen (secondary N) is 2. The monoisotopic (exact) mass is 334 g/mol. The van der Waals surface area contributed by atoms with E-state index in [-0.39, 0.29) is 17.7 Å². The van der Waals surface area contributed by atoms with Crippen molar-refractivity contribution in [3.63, 3.8) is 0 Å². The summed E-state index contributed by atoms with van der Waals surface area (Å²) < 4.78 is 5.37. The first-order chi connectivity index (χ1) is 11.5. The lowest BCUT2D eigenvalue weighted by atomic mass is 10.0. The lowest BCUT2D eigenvalue weighted by molar-refractivity contribution is -0.129. The van der Waals surface area contributed by atoms with Crippen LogP contribution in [-0.4, -0.2) is 49.1 Å². The lowest BCUT2D eigenvalue weighted by Gasteiger charge is -2.29. The summed E-state index contributed by atoms with van der Waals surface area (Å²) in [6.45, 7) is 8.55. The zero-order valence-electron chi connectivity index (χ0n) is 14.5. The van der Waals surface area contributed by atoms with Crippen LogP contribution in [0.5, 0.6) is 0 Å². The van der Waals surface area contributed by atoms with Crippen molar-refractivity contribution in [3.8, 4) is 0 Å². The number of anilines is 1. The minimum atomic E-state index is -0.536. The van der Waals surface area contributed by atoms with Gasteiger partial charge in [0.05, 0.1) is 13.2 Å². The van der Waals surface area contributed by atoms with Crippen molar-refractivity contribution < 1.29 is 14.3 Å². The Bertz CT molecular complexity index is 571. The molecule has 1 aromatic heterocycles. The Hall–Kier alpha value is -2.15. The van der Waals surface area contributed by atoms with Crippen LogP contribution in [0.15, 0.2) is 18.3 Å². The van der Waals surface area contributed by atoms with Gasteiger partial charge in [-0.2, -0.15) is 0 Å². The highest BCUT2D eigenvalue weighted by Crippen LogP contribution is 2.18. The van der Waals surface area contributed by atoms with Gasteiger partial charge >= 0.3 is 0 Å². The van der Waals surface area contributed by atoms with Crippen LogP contribution in [-0.2, 0) is 20.9 Å². The highest BCUT2D eigenvalue weighted by atomic mass is 16.5. The van der Waals surface area contributed by atoms with Crippen molar-refractivity contribution in [2.24, 2.45) is 5.92 Å². The number of carbonyl (C=O) groups is 2. The Morgan fingerprint density at radius 2 is 2.04 bits per heavy atom. The molecule has 0 aromatic carbocycles. The Morgan fingerprint density at radius 1 is 1.33 bits per heavy atom. The molecule has 7 nitrogen and oxygen atoms in total. The largest absolute Gasteiger partial charge is 0.378 e. The average Bonchev–Trinajstić information content (AvgIpc) is 2.58. The normalized spacial score (nSPS) is 15.9. The van der Waals surface area contributed by atoms with Gasteiger partial charge in [0.1, 0.15) is 11.9 Å². The summed E-state index contributed by atoms with van der Waals surface area (Å²) in [7, 11) is 0. The van der Waals surface area contributed by atoms with E-state index in [1.54, 1.807) is 6.20 Å². The smallest absolute Gasteiger partial charge is 0.243 e. The molecule has 2 amide bonds. The maximum atomic E-state index is 12.4. The van der Waals surface area contributed by atoms with Crippen LogP contribution in [0.25, 0.3) is 0 Å². The number of pyridine rings is 1. The molecule has 7 heteroatoms. The molecule has 2 N–H and O–H groups in total. The van der Waals surface area contributed by atoms with Gasteiger partial charge in [-0.3, -0.25) is 9.59 Å². The first kappa shape index (κ1) is 18.2. The lowest BCUT2D eigenvalue weighted by Crippen LogP contribution is -2.49. The summed E-state index contributed by atoms with van der Waals surface area (Å²) in [5.74, 6) is 0.499. The molecule has 1 aliphatic rings. The van der Waals surface area contributed by atoms with E-state index in [9.17, 15) is 9.59 Å². The van der Waals surface area contributed by atoms with Crippen LogP contribution in [0.4, 0.5) is 5.82 Å². The van der Waals surface area contributed by atoms with Crippen LogP contribution in [0.3, 0.4) is 0 Å². The second-order valence-electron chi connectivity index (χ2n) is 6.23. The first-order valence-electron chi connectivity index (χ1n) is 8.30. The van der Waals surface area contributed by atoms with Gasteiger partial charge in [-0.1, -0.05) is 19.9 Å². The first-order valence-corrected chi connectivity index (χ1v) is 8.30. The highest BCUT2D eigenvalue weighted by molar-refractivity contribution is 5.87. The Labute approximate surface area is 142 Å². The minimum Gasteiger partial charge on any atom is -0.378 e. The number of ether oxygens (including phenoxy) is 1. The average molecular weight is 334 g/mol. The molecule has 1 saturated heterocycles. The second-order valence-corrected chi connectivity index (χ2v) is 6.23. The van der Waals surface area contributed by atoms with Crippen molar-refractivity contribution in [1.29, 1.82) is 0 Å². The Morgan fingerprint density at radius 3 is 2.67 bits per heavy atom.